The Morgan fingerprint density at radius 2 is 1.94 bits per heavy atom. The molecule has 0 bridgehead atoms. The molecule has 0 aliphatic rings. The SMILES string of the molecule is COc1c(C(=O)OC(C)(C)C)nc(C)[nH]c1=O. The van der Waals surface area contributed by atoms with Gasteiger partial charge in [-0.2, -0.15) is 0 Å². The number of aromatic amines is 1. The zero-order valence-corrected chi connectivity index (χ0v) is 10.6. The van der Waals surface area contributed by atoms with Gasteiger partial charge in [0, 0.05) is 0 Å². The summed E-state index contributed by atoms with van der Waals surface area (Å²) in [4.78, 5) is 29.7. The Balaban J connectivity index is 3.21. The van der Waals surface area contributed by atoms with Crippen LogP contribution < -0.4 is 10.3 Å². The number of esters is 1. The number of ether oxygens (including phenoxy) is 2. The summed E-state index contributed by atoms with van der Waals surface area (Å²) in [6, 6.07) is 0. The van der Waals surface area contributed by atoms with E-state index in [4.69, 9.17) is 9.47 Å². The minimum Gasteiger partial charge on any atom is -0.489 e. The molecule has 6 heteroatoms. The third kappa shape index (κ3) is 3.30. The summed E-state index contributed by atoms with van der Waals surface area (Å²) in [5.41, 5.74) is -1.26. The quantitative estimate of drug-likeness (QED) is 0.781. The van der Waals surface area contributed by atoms with Crippen molar-refractivity contribution in [2.45, 2.75) is 33.3 Å². The van der Waals surface area contributed by atoms with E-state index in [-0.39, 0.29) is 11.4 Å². The van der Waals surface area contributed by atoms with Crippen LogP contribution in [-0.2, 0) is 4.74 Å². The lowest BCUT2D eigenvalue weighted by Crippen LogP contribution is -2.27. The van der Waals surface area contributed by atoms with Crippen molar-refractivity contribution in [3.05, 3.63) is 21.9 Å². The van der Waals surface area contributed by atoms with Gasteiger partial charge in [0.1, 0.15) is 11.4 Å². The number of carbonyl (C=O) groups is 1. The molecular weight excluding hydrogens is 224 g/mol. The van der Waals surface area contributed by atoms with Crippen molar-refractivity contribution in [2.75, 3.05) is 7.11 Å². The second-order valence-electron chi connectivity index (χ2n) is 4.54. The molecule has 1 aromatic rings. The minimum atomic E-state index is -0.677. The highest BCUT2D eigenvalue weighted by Crippen LogP contribution is 2.15. The van der Waals surface area contributed by atoms with Gasteiger partial charge in [0.25, 0.3) is 5.56 Å². The Morgan fingerprint density at radius 3 is 2.41 bits per heavy atom. The molecule has 0 aromatic carbocycles. The van der Waals surface area contributed by atoms with Crippen LogP contribution in [0.3, 0.4) is 0 Å². The molecule has 1 aromatic heterocycles. The van der Waals surface area contributed by atoms with Crippen LogP contribution in [-0.4, -0.2) is 28.6 Å². The number of H-pyrrole nitrogens is 1. The molecule has 0 fully saturated rings. The first-order chi connectivity index (χ1) is 7.74. The molecule has 0 saturated heterocycles. The highest BCUT2D eigenvalue weighted by atomic mass is 16.6. The number of aromatic nitrogens is 2. The summed E-state index contributed by atoms with van der Waals surface area (Å²) in [7, 11) is 1.30. The Hall–Kier alpha value is -1.85. The number of hydrogen-bond donors (Lipinski definition) is 1. The number of nitrogens with zero attached hydrogens (tertiary/aromatic N) is 1. The Labute approximate surface area is 99.0 Å². The fourth-order valence-electron chi connectivity index (χ4n) is 1.23. The van der Waals surface area contributed by atoms with Gasteiger partial charge in [-0.1, -0.05) is 0 Å². The van der Waals surface area contributed by atoms with Crippen LogP contribution in [0.1, 0.15) is 37.1 Å². The number of nitrogens with one attached hydrogen (secondary N) is 1. The van der Waals surface area contributed by atoms with Crippen LogP contribution in [0.5, 0.6) is 5.75 Å². The van der Waals surface area contributed by atoms with Crippen molar-refractivity contribution >= 4 is 5.97 Å². The zero-order chi connectivity index (χ0) is 13.2. The summed E-state index contributed by atoms with van der Waals surface area (Å²) in [6.07, 6.45) is 0. The fourth-order valence-corrected chi connectivity index (χ4v) is 1.23. The van der Waals surface area contributed by atoms with Gasteiger partial charge in [-0.05, 0) is 27.7 Å². The van der Waals surface area contributed by atoms with E-state index in [9.17, 15) is 9.59 Å². The molecule has 0 atom stereocenters. The van der Waals surface area contributed by atoms with E-state index in [2.05, 4.69) is 9.97 Å². The zero-order valence-electron chi connectivity index (χ0n) is 10.6. The molecule has 6 nitrogen and oxygen atoms in total. The predicted molar refractivity (Wildman–Crippen MR) is 61.3 cm³/mol. The summed E-state index contributed by atoms with van der Waals surface area (Å²) in [5.74, 6) is -0.481. The van der Waals surface area contributed by atoms with E-state index in [0.29, 0.717) is 5.82 Å². The first kappa shape index (κ1) is 13.2. The van der Waals surface area contributed by atoms with Gasteiger partial charge >= 0.3 is 5.97 Å². The smallest absolute Gasteiger partial charge is 0.361 e. The highest BCUT2D eigenvalue weighted by molar-refractivity contribution is 5.90. The summed E-state index contributed by atoms with van der Waals surface area (Å²) >= 11 is 0. The molecule has 0 radical (unpaired) electrons. The van der Waals surface area contributed by atoms with Gasteiger partial charge in [-0.15, -0.1) is 0 Å². The largest absolute Gasteiger partial charge is 0.489 e. The maximum absolute atomic E-state index is 11.8. The lowest BCUT2D eigenvalue weighted by atomic mass is 10.2. The molecule has 1 rings (SSSR count). The van der Waals surface area contributed by atoms with Crippen molar-refractivity contribution in [2.24, 2.45) is 0 Å². The normalized spacial score (nSPS) is 11.1. The Bertz CT molecular complexity index is 485. The van der Waals surface area contributed by atoms with Gasteiger partial charge < -0.3 is 14.5 Å². The molecule has 1 heterocycles. The average Bonchev–Trinajstić information content (AvgIpc) is 2.13. The van der Waals surface area contributed by atoms with E-state index in [1.807, 2.05) is 0 Å². The van der Waals surface area contributed by atoms with Gasteiger partial charge in [0.05, 0.1) is 7.11 Å². The van der Waals surface area contributed by atoms with E-state index in [0.717, 1.165) is 0 Å². The molecule has 0 spiro atoms. The topological polar surface area (TPSA) is 81.3 Å². The van der Waals surface area contributed by atoms with Gasteiger partial charge in [-0.25, -0.2) is 9.78 Å². The number of aryl methyl sites for hydroxylation is 1. The lowest BCUT2D eigenvalue weighted by Gasteiger charge is -2.19. The standard InChI is InChI=1S/C11H16N2O4/c1-6-12-7(8(16-5)9(14)13-6)10(15)17-11(2,3)4/h1-5H3,(H,12,13,14). The average molecular weight is 240 g/mol. The van der Waals surface area contributed by atoms with E-state index >= 15 is 0 Å². The third-order valence-corrected chi connectivity index (χ3v) is 1.79. The van der Waals surface area contributed by atoms with Crippen LogP contribution in [0.2, 0.25) is 0 Å². The molecule has 0 unspecified atom stereocenters. The van der Waals surface area contributed by atoms with E-state index in [1.165, 1.54) is 7.11 Å². The van der Waals surface area contributed by atoms with Crippen molar-refractivity contribution < 1.29 is 14.3 Å². The van der Waals surface area contributed by atoms with Gasteiger partial charge in [0.15, 0.2) is 5.69 Å². The highest BCUT2D eigenvalue weighted by Gasteiger charge is 2.24. The summed E-state index contributed by atoms with van der Waals surface area (Å²) < 4.78 is 10.0. The van der Waals surface area contributed by atoms with Crippen molar-refractivity contribution in [3.8, 4) is 5.75 Å². The number of methoxy groups -OCH3 is 1. The van der Waals surface area contributed by atoms with Gasteiger partial charge in [-0.3, -0.25) is 4.79 Å². The monoisotopic (exact) mass is 240 g/mol. The number of carbonyl (C=O) groups excluding carboxylic acids is 1. The Morgan fingerprint density at radius 1 is 1.35 bits per heavy atom. The lowest BCUT2D eigenvalue weighted by molar-refractivity contribution is 0.00586. The third-order valence-electron chi connectivity index (χ3n) is 1.79. The predicted octanol–water partition coefficient (Wildman–Crippen LogP) is 1.04. The first-order valence-corrected chi connectivity index (χ1v) is 5.13. The number of hydrogen-bond acceptors (Lipinski definition) is 5. The van der Waals surface area contributed by atoms with Crippen molar-refractivity contribution in [3.63, 3.8) is 0 Å². The van der Waals surface area contributed by atoms with Gasteiger partial charge in [0.2, 0.25) is 5.75 Å². The molecule has 94 valence electrons. The Kier molecular flexibility index (Phi) is 3.55. The van der Waals surface area contributed by atoms with Crippen molar-refractivity contribution in [1.82, 2.24) is 9.97 Å². The fraction of sp³-hybridized carbons (Fsp3) is 0.545. The molecule has 0 amide bonds. The second-order valence-corrected chi connectivity index (χ2v) is 4.54. The molecule has 0 saturated carbocycles. The van der Waals surface area contributed by atoms with Crippen LogP contribution >= 0.6 is 0 Å². The molecule has 17 heavy (non-hydrogen) atoms. The maximum Gasteiger partial charge on any atom is 0.361 e. The van der Waals surface area contributed by atoms with E-state index < -0.39 is 17.1 Å². The first-order valence-electron chi connectivity index (χ1n) is 5.13. The molecule has 0 aliphatic carbocycles. The van der Waals surface area contributed by atoms with E-state index in [1.54, 1.807) is 27.7 Å². The van der Waals surface area contributed by atoms with Crippen molar-refractivity contribution in [1.29, 1.82) is 0 Å². The van der Waals surface area contributed by atoms with Crippen LogP contribution in [0.4, 0.5) is 0 Å². The summed E-state index contributed by atoms with van der Waals surface area (Å²) in [6.45, 7) is 6.78. The maximum atomic E-state index is 11.8. The second kappa shape index (κ2) is 4.57. The van der Waals surface area contributed by atoms with Crippen LogP contribution in [0.15, 0.2) is 4.79 Å². The molecular formula is C11H16N2O4. The molecule has 1 N–H and O–H groups in total. The number of rotatable bonds is 2. The summed E-state index contributed by atoms with van der Waals surface area (Å²) in [5, 5.41) is 0. The van der Waals surface area contributed by atoms with Crippen LogP contribution in [0.25, 0.3) is 0 Å². The molecule has 0 aliphatic heterocycles. The van der Waals surface area contributed by atoms with Crippen LogP contribution in [0, 0.1) is 6.92 Å². The minimum absolute atomic E-state index is 0.108.